The first-order chi connectivity index (χ1) is 15.0. The summed E-state index contributed by atoms with van der Waals surface area (Å²) >= 11 is 0. The van der Waals surface area contributed by atoms with Gasteiger partial charge in [0.1, 0.15) is 11.4 Å². The van der Waals surface area contributed by atoms with Crippen molar-refractivity contribution >= 4 is 34.2 Å². The zero-order valence-corrected chi connectivity index (χ0v) is 17.2. The van der Waals surface area contributed by atoms with Gasteiger partial charge in [0.15, 0.2) is 0 Å². The third-order valence-electron chi connectivity index (χ3n) is 4.60. The van der Waals surface area contributed by atoms with Crippen LogP contribution in [0.25, 0.3) is 22.0 Å². The number of nitrogens with one attached hydrogen (secondary N) is 3. The van der Waals surface area contributed by atoms with Crippen LogP contribution in [0.4, 0.5) is 5.69 Å². The number of methoxy groups -OCH3 is 1. The fourth-order valence-corrected chi connectivity index (χ4v) is 2.99. The van der Waals surface area contributed by atoms with E-state index < -0.39 is 5.91 Å². The molecule has 0 unspecified atom stereocenters. The lowest BCUT2D eigenvalue weighted by Crippen LogP contribution is -2.35. The summed E-state index contributed by atoms with van der Waals surface area (Å²) in [5.74, 6) is -0.604. The second-order valence-corrected chi connectivity index (χ2v) is 6.54. The van der Waals surface area contributed by atoms with Gasteiger partial charge in [-0.2, -0.15) is 0 Å². The first kappa shape index (κ1) is 21.5. The molecule has 8 nitrogen and oxygen atoms in total. The molecule has 3 N–H and O–H groups in total. The topological polar surface area (TPSA) is 109 Å². The van der Waals surface area contributed by atoms with Gasteiger partial charge < -0.3 is 20.7 Å². The number of pyridine rings is 1. The fraction of sp³-hybridized carbons (Fsp3) is 0.130. The lowest BCUT2D eigenvalue weighted by molar-refractivity contribution is -0.119. The molecular weight excluding hydrogens is 396 g/mol. The van der Waals surface area contributed by atoms with Gasteiger partial charge in [0.2, 0.25) is 11.8 Å². The smallest absolute Gasteiger partial charge is 0.270 e. The summed E-state index contributed by atoms with van der Waals surface area (Å²) < 4.78 is 5.40. The summed E-state index contributed by atoms with van der Waals surface area (Å²) in [6.07, 6.45) is 1.19. The lowest BCUT2D eigenvalue weighted by atomic mass is 10.0. The Labute approximate surface area is 179 Å². The van der Waals surface area contributed by atoms with E-state index in [0.29, 0.717) is 17.1 Å². The highest BCUT2D eigenvalue weighted by molar-refractivity contribution is 6.08. The van der Waals surface area contributed by atoms with Crippen LogP contribution in [0.15, 0.2) is 61.2 Å². The van der Waals surface area contributed by atoms with Crippen molar-refractivity contribution in [2.75, 3.05) is 26.0 Å². The van der Waals surface area contributed by atoms with Crippen LogP contribution in [-0.2, 0) is 9.59 Å². The quantitative estimate of drug-likeness (QED) is 0.511. The van der Waals surface area contributed by atoms with Crippen LogP contribution in [0, 0.1) is 0 Å². The molecule has 2 aromatic carbocycles. The molecule has 0 saturated carbocycles. The highest BCUT2D eigenvalue weighted by atomic mass is 16.5. The third kappa shape index (κ3) is 4.87. The van der Waals surface area contributed by atoms with Crippen molar-refractivity contribution in [3.63, 3.8) is 0 Å². The summed E-state index contributed by atoms with van der Waals surface area (Å²) in [5, 5.41) is 9.40. The maximum absolute atomic E-state index is 12.3. The van der Waals surface area contributed by atoms with E-state index >= 15 is 0 Å². The first-order valence-electron chi connectivity index (χ1n) is 9.47. The van der Waals surface area contributed by atoms with Crippen molar-refractivity contribution in [3.8, 4) is 17.0 Å². The molecule has 0 aliphatic carbocycles. The normalized spacial score (nSPS) is 10.3. The molecule has 0 saturated heterocycles. The Bertz CT molecular complexity index is 1170. The summed E-state index contributed by atoms with van der Waals surface area (Å²) in [7, 11) is 3.02. The number of anilines is 1. The first-order valence-corrected chi connectivity index (χ1v) is 9.47. The molecule has 1 aromatic heterocycles. The van der Waals surface area contributed by atoms with Gasteiger partial charge in [-0.05, 0) is 35.7 Å². The van der Waals surface area contributed by atoms with Crippen molar-refractivity contribution in [2.45, 2.75) is 0 Å². The van der Waals surface area contributed by atoms with E-state index in [4.69, 9.17) is 4.74 Å². The summed E-state index contributed by atoms with van der Waals surface area (Å²) in [6, 6.07) is 14.4. The lowest BCUT2D eigenvalue weighted by Gasteiger charge is -2.13. The van der Waals surface area contributed by atoms with Crippen molar-refractivity contribution in [3.05, 3.63) is 66.9 Å². The van der Waals surface area contributed by atoms with Crippen molar-refractivity contribution < 1.29 is 19.1 Å². The number of hydrogen-bond donors (Lipinski definition) is 3. The molecule has 3 rings (SSSR count). The molecule has 8 heteroatoms. The Hall–Kier alpha value is -4.20. The minimum atomic E-state index is -0.452. The molecule has 0 bridgehead atoms. The number of likely N-dealkylation sites (N-methyl/N-ethyl adjacent to an activating group) is 1. The van der Waals surface area contributed by atoms with Gasteiger partial charge in [0.25, 0.3) is 5.91 Å². The Balaban J connectivity index is 2.00. The molecule has 0 atom stereocenters. The number of carbonyl (C=O) groups excluding carboxylic acids is 3. The number of nitrogens with zero attached hydrogens (tertiary/aromatic N) is 1. The van der Waals surface area contributed by atoms with E-state index in [1.807, 2.05) is 24.3 Å². The second kappa shape index (κ2) is 9.53. The Kier molecular flexibility index (Phi) is 6.61. The molecule has 0 aliphatic heterocycles. The zero-order chi connectivity index (χ0) is 22.4. The number of amides is 3. The molecule has 0 radical (unpaired) electrons. The SMILES string of the molecule is C=CC(=O)Nc1c(OC)ccc2ccc(-c3cccc(C(=O)NCC(=O)NC)n3)cc12. The van der Waals surface area contributed by atoms with Crippen LogP contribution in [0.5, 0.6) is 5.75 Å². The van der Waals surface area contributed by atoms with Gasteiger partial charge >= 0.3 is 0 Å². The predicted octanol–water partition coefficient (Wildman–Crippen LogP) is 2.51. The maximum atomic E-state index is 12.3. The van der Waals surface area contributed by atoms with Gasteiger partial charge in [-0.25, -0.2) is 4.98 Å². The van der Waals surface area contributed by atoms with Crippen LogP contribution >= 0.6 is 0 Å². The average molecular weight is 418 g/mol. The largest absolute Gasteiger partial charge is 0.495 e. The van der Waals surface area contributed by atoms with Crippen LogP contribution in [0.3, 0.4) is 0 Å². The van der Waals surface area contributed by atoms with E-state index in [9.17, 15) is 14.4 Å². The van der Waals surface area contributed by atoms with Crippen molar-refractivity contribution in [2.24, 2.45) is 0 Å². The minimum absolute atomic E-state index is 0.136. The summed E-state index contributed by atoms with van der Waals surface area (Å²) in [4.78, 5) is 40.0. The molecule has 1 heterocycles. The molecule has 0 aliphatic rings. The number of aromatic nitrogens is 1. The third-order valence-corrected chi connectivity index (χ3v) is 4.60. The molecule has 31 heavy (non-hydrogen) atoms. The zero-order valence-electron chi connectivity index (χ0n) is 17.2. The molecule has 3 amide bonds. The number of hydrogen-bond acceptors (Lipinski definition) is 5. The van der Waals surface area contributed by atoms with Gasteiger partial charge in [0, 0.05) is 18.0 Å². The van der Waals surface area contributed by atoms with Crippen LogP contribution in [-0.4, -0.2) is 43.4 Å². The standard InChI is InChI=1S/C23H22N4O4/c1-4-20(28)27-22-16-12-15(9-8-14(16)10-11-19(22)31-3)17-6-5-7-18(26-17)23(30)25-13-21(29)24-2/h4-12H,1,13H2,2-3H3,(H,24,29)(H,25,30)(H,27,28). The van der Waals surface area contributed by atoms with E-state index in [0.717, 1.165) is 16.3 Å². The monoisotopic (exact) mass is 418 g/mol. The number of fused-ring (bicyclic) bond motifs is 1. The van der Waals surface area contributed by atoms with E-state index in [2.05, 4.69) is 27.5 Å². The Morgan fingerprint density at radius 2 is 1.90 bits per heavy atom. The van der Waals surface area contributed by atoms with Crippen molar-refractivity contribution in [1.29, 1.82) is 0 Å². The maximum Gasteiger partial charge on any atom is 0.270 e. The fourth-order valence-electron chi connectivity index (χ4n) is 2.99. The van der Waals surface area contributed by atoms with Crippen molar-refractivity contribution in [1.82, 2.24) is 15.6 Å². The van der Waals surface area contributed by atoms with Crippen LogP contribution < -0.4 is 20.7 Å². The van der Waals surface area contributed by atoms with E-state index in [1.54, 1.807) is 24.3 Å². The number of ether oxygens (including phenoxy) is 1. The van der Waals surface area contributed by atoms with Gasteiger partial charge in [-0.1, -0.05) is 30.8 Å². The molecule has 0 fully saturated rings. The van der Waals surface area contributed by atoms with E-state index in [1.165, 1.54) is 20.2 Å². The number of benzene rings is 2. The highest BCUT2D eigenvalue weighted by Crippen LogP contribution is 2.35. The summed E-state index contributed by atoms with van der Waals surface area (Å²) in [6.45, 7) is 3.35. The molecule has 0 spiro atoms. The summed E-state index contributed by atoms with van der Waals surface area (Å²) in [5.41, 5.74) is 2.02. The number of rotatable bonds is 7. The molecule has 158 valence electrons. The van der Waals surface area contributed by atoms with E-state index in [-0.39, 0.29) is 24.1 Å². The Morgan fingerprint density at radius 1 is 1.13 bits per heavy atom. The van der Waals surface area contributed by atoms with Crippen LogP contribution in [0.2, 0.25) is 0 Å². The minimum Gasteiger partial charge on any atom is -0.495 e. The number of carbonyl (C=O) groups is 3. The van der Waals surface area contributed by atoms with Gasteiger partial charge in [-0.15, -0.1) is 0 Å². The van der Waals surface area contributed by atoms with Crippen LogP contribution in [0.1, 0.15) is 10.5 Å². The van der Waals surface area contributed by atoms with Gasteiger partial charge in [0.05, 0.1) is 25.0 Å². The van der Waals surface area contributed by atoms with Gasteiger partial charge in [-0.3, -0.25) is 14.4 Å². The predicted molar refractivity (Wildman–Crippen MR) is 119 cm³/mol. The molecule has 3 aromatic rings. The highest BCUT2D eigenvalue weighted by Gasteiger charge is 2.14. The second-order valence-electron chi connectivity index (χ2n) is 6.54. The Morgan fingerprint density at radius 3 is 2.61 bits per heavy atom. The molecular formula is C23H22N4O4. The average Bonchev–Trinajstić information content (AvgIpc) is 2.82.